The summed E-state index contributed by atoms with van der Waals surface area (Å²) in [5, 5.41) is 23.2. The molecule has 0 spiro atoms. The lowest BCUT2D eigenvalue weighted by Gasteiger charge is -2.17. The van der Waals surface area contributed by atoms with E-state index in [4.69, 9.17) is 11.6 Å². The number of aliphatic imine (C=N–C) groups is 1. The quantitative estimate of drug-likeness (QED) is 0.462. The number of benzene rings is 2. The third kappa shape index (κ3) is 3.92. The average Bonchev–Trinajstić information content (AvgIpc) is 3.29. The minimum atomic E-state index is -3.92. The van der Waals surface area contributed by atoms with Gasteiger partial charge in [0.05, 0.1) is 16.1 Å². The van der Waals surface area contributed by atoms with Crippen LogP contribution in [0.15, 0.2) is 58.4 Å². The molecule has 30 heavy (non-hydrogen) atoms. The Morgan fingerprint density at radius 2 is 1.90 bits per heavy atom. The van der Waals surface area contributed by atoms with Crippen LogP contribution in [0, 0.1) is 11.3 Å². The second-order valence-corrected chi connectivity index (χ2v) is 9.87. The number of nitrogens with one attached hydrogen (secondary N) is 1. The van der Waals surface area contributed by atoms with E-state index in [1.165, 1.54) is 47.7 Å². The molecule has 0 bridgehead atoms. The molecule has 152 valence electrons. The molecule has 0 radical (unpaired) electrons. The van der Waals surface area contributed by atoms with Crippen molar-refractivity contribution >= 4 is 49.5 Å². The van der Waals surface area contributed by atoms with Crippen molar-refractivity contribution in [2.24, 2.45) is 4.99 Å². The monoisotopic (exact) mass is 456 g/mol. The number of fused-ring (bicyclic) bond motifs is 1. The Labute approximate surface area is 183 Å². The van der Waals surface area contributed by atoms with Gasteiger partial charge in [-0.3, -0.25) is 9.71 Å². The van der Waals surface area contributed by atoms with E-state index in [0.717, 1.165) is 29.7 Å². The Balaban J connectivity index is 1.69. The van der Waals surface area contributed by atoms with Gasteiger partial charge >= 0.3 is 0 Å². The number of para-hydroxylation sites is 1. The van der Waals surface area contributed by atoms with E-state index >= 15 is 0 Å². The largest absolute Gasteiger partial charge is 0.858 e. The highest BCUT2D eigenvalue weighted by Crippen LogP contribution is 2.40. The van der Waals surface area contributed by atoms with Crippen molar-refractivity contribution in [3.05, 3.63) is 75.1 Å². The minimum Gasteiger partial charge on any atom is -0.858 e. The van der Waals surface area contributed by atoms with Gasteiger partial charge in [0, 0.05) is 15.5 Å². The molecule has 0 aliphatic heterocycles. The Morgan fingerprint density at radius 3 is 2.63 bits per heavy atom. The lowest BCUT2D eigenvalue weighted by molar-refractivity contribution is -0.212. The highest BCUT2D eigenvalue weighted by molar-refractivity contribution is 7.92. The second kappa shape index (κ2) is 8.11. The summed E-state index contributed by atoms with van der Waals surface area (Å²) >= 11 is 7.18. The predicted octanol–water partition coefficient (Wildman–Crippen LogP) is 4.00. The molecule has 1 aliphatic rings. The second-order valence-electron chi connectivity index (χ2n) is 6.67. The van der Waals surface area contributed by atoms with Gasteiger partial charge < -0.3 is 5.11 Å². The number of anilines is 1. The third-order valence-corrected chi connectivity index (χ3v) is 7.56. The molecular weight excluding hydrogens is 442 g/mol. The van der Waals surface area contributed by atoms with E-state index in [0.29, 0.717) is 15.6 Å². The van der Waals surface area contributed by atoms with Crippen molar-refractivity contribution in [3.8, 4) is 6.07 Å². The number of aryl methyl sites for hydroxylation is 1. The number of rotatable bonds is 5. The fraction of sp³-hybridized carbons (Fsp3) is 0.143. The Morgan fingerprint density at radius 1 is 1.17 bits per heavy atom. The molecule has 0 atom stereocenters. The number of hydrogen-bond donors (Lipinski definition) is 1. The van der Waals surface area contributed by atoms with Crippen molar-refractivity contribution in [1.82, 2.24) is 0 Å². The minimum absolute atomic E-state index is 0.0209. The van der Waals surface area contributed by atoms with Crippen LogP contribution >= 0.6 is 22.9 Å². The molecule has 1 aromatic heterocycles. The average molecular weight is 457 g/mol. The maximum atomic E-state index is 12.9. The fourth-order valence-electron chi connectivity index (χ4n) is 3.31. The molecule has 0 fully saturated rings. The van der Waals surface area contributed by atoms with Gasteiger partial charge in [-0.25, -0.2) is 8.42 Å². The van der Waals surface area contributed by atoms with Gasteiger partial charge in [-0.1, -0.05) is 29.8 Å². The van der Waals surface area contributed by atoms with Crippen LogP contribution in [0.5, 0.6) is 0 Å². The summed E-state index contributed by atoms with van der Waals surface area (Å²) in [6.07, 6.45) is 2.70. The van der Waals surface area contributed by atoms with Crippen LogP contribution in [-0.2, 0) is 22.9 Å². The topological polar surface area (TPSA) is 105 Å². The molecule has 9 heteroatoms. The molecule has 4 rings (SSSR count). The van der Waals surface area contributed by atoms with E-state index in [9.17, 15) is 18.8 Å². The number of nitrogens with zero attached hydrogens (tertiary/aromatic N) is 2. The van der Waals surface area contributed by atoms with Gasteiger partial charge in [0.2, 0.25) is 0 Å². The van der Waals surface area contributed by atoms with Gasteiger partial charge in [-0.15, -0.1) is 11.3 Å². The van der Waals surface area contributed by atoms with Crippen molar-refractivity contribution in [2.45, 2.75) is 24.2 Å². The van der Waals surface area contributed by atoms with Crippen LogP contribution in [0.3, 0.4) is 0 Å². The van der Waals surface area contributed by atoms with Gasteiger partial charge in [0.1, 0.15) is 11.1 Å². The third-order valence-electron chi connectivity index (χ3n) is 4.74. The molecule has 0 saturated heterocycles. The van der Waals surface area contributed by atoms with Gasteiger partial charge in [-0.05, 0) is 61.1 Å². The molecule has 0 unspecified atom stereocenters. The predicted molar refractivity (Wildman–Crippen MR) is 116 cm³/mol. The van der Waals surface area contributed by atoms with E-state index in [1.54, 1.807) is 12.1 Å². The summed E-state index contributed by atoms with van der Waals surface area (Å²) < 4.78 is 27.9. The molecular formula is C21H15ClN3O3S2-. The molecule has 1 N–H and O–H groups in total. The van der Waals surface area contributed by atoms with Gasteiger partial charge in [-0.2, -0.15) is 5.26 Å². The van der Waals surface area contributed by atoms with Crippen molar-refractivity contribution in [3.63, 3.8) is 0 Å². The maximum Gasteiger partial charge on any atom is 0.261 e. The molecule has 0 amide bonds. The number of halogens is 1. The number of nitriles is 1. The molecule has 0 saturated carbocycles. The smallest absolute Gasteiger partial charge is 0.261 e. The normalized spacial score (nSPS) is 13.7. The SMILES string of the molecule is N#Cc1c(N=C([O-])c2ccccc2NS(=O)(=O)c2ccc(Cl)cc2)sc2c1CCC2. The first-order valence-corrected chi connectivity index (χ1v) is 11.7. The van der Waals surface area contributed by atoms with Crippen LogP contribution in [0.4, 0.5) is 10.7 Å². The van der Waals surface area contributed by atoms with E-state index in [1.807, 2.05) is 0 Å². The molecule has 1 heterocycles. The van der Waals surface area contributed by atoms with Crippen molar-refractivity contribution in [2.75, 3.05) is 4.72 Å². The number of thiophene rings is 1. The van der Waals surface area contributed by atoms with Crippen LogP contribution < -0.4 is 9.83 Å². The molecule has 6 nitrogen and oxygen atoms in total. The fourth-order valence-corrected chi connectivity index (χ4v) is 5.72. The zero-order valence-electron chi connectivity index (χ0n) is 15.6. The molecule has 1 aliphatic carbocycles. The zero-order chi connectivity index (χ0) is 21.3. The van der Waals surface area contributed by atoms with Crippen LogP contribution in [0.25, 0.3) is 0 Å². The van der Waals surface area contributed by atoms with Crippen molar-refractivity contribution in [1.29, 1.82) is 5.26 Å². The first kappa shape index (κ1) is 20.4. The van der Waals surface area contributed by atoms with Gasteiger partial charge in [0.15, 0.2) is 0 Å². The summed E-state index contributed by atoms with van der Waals surface area (Å²) in [7, 11) is -3.92. The Bertz CT molecular complexity index is 1290. The van der Waals surface area contributed by atoms with E-state index in [-0.39, 0.29) is 16.1 Å². The van der Waals surface area contributed by atoms with E-state index in [2.05, 4.69) is 15.8 Å². The molecule has 2 aromatic carbocycles. The van der Waals surface area contributed by atoms with Crippen molar-refractivity contribution < 1.29 is 13.5 Å². The first-order chi connectivity index (χ1) is 14.4. The summed E-state index contributed by atoms with van der Waals surface area (Å²) in [6, 6.07) is 14.1. The van der Waals surface area contributed by atoms with Gasteiger partial charge in [0.25, 0.3) is 10.0 Å². The lowest BCUT2D eigenvalue weighted by Crippen LogP contribution is -2.22. The summed E-state index contributed by atoms with van der Waals surface area (Å²) in [5.74, 6) is -0.610. The van der Waals surface area contributed by atoms with Crippen LogP contribution in [0.2, 0.25) is 5.02 Å². The number of sulfonamides is 1. The maximum absolute atomic E-state index is 12.9. The van der Waals surface area contributed by atoms with Crippen LogP contribution in [-0.4, -0.2) is 14.3 Å². The van der Waals surface area contributed by atoms with Crippen LogP contribution in [0.1, 0.15) is 28.0 Å². The Hall–Kier alpha value is -2.86. The highest BCUT2D eigenvalue weighted by Gasteiger charge is 2.22. The lowest BCUT2D eigenvalue weighted by atomic mass is 10.1. The highest BCUT2D eigenvalue weighted by atomic mass is 35.5. The summed E-state index contributed by atoms with van der Waals surface area (Å²) in [4.78, 5) is 5.26. The summed E-state index contributed by atoms with van der Waals surface area (Å²) in [5.41, 5.74) is 1.64. The van der Waals surface area contributed by atoms with E-state index < -0.39 is 15.9 Å². The standard InChI is InChI=1S/C21H16ClN3O3S2/c22-13-8-10-14(11-9-13)30(27,28)25-18-6-2-1-4-16(18)20(26)24-21-17(12-23)15-5-3-7-19(15)29-21/h1-2,4,6,8-11,25H,3,5,7H2,(H,24,26)/p-1. The Kier molecular flexibility index (Phi) is 5.52. The first-order valence-electron chi connectivity index (χ1n) is 9.07. The zero-order valence-corrected chi connectivity index (χ0v) is 17.9. The summed E-state index contributed by atoms with van der Waals surface area (Å²) in [6.45, 7) is 0. The number of hydrogen-bond acceptors (Lipinski definition) is 6. The molecule has 3 aromatic rings.